The maximum absolute atomic E-state index is 12.3. The molecule has 0 saturated carbocycles. The second kappa shape index (κ2) is 8.90. The van der Waals surface area contributed by atoms with Crippen LogP contribution in [0.15, 0.2) is 23.0 Å². The Morgan fingerprint density at radius 3 is 2.63 bits per heavy atom. The van der Waals surface area contributed by atoms with Crippen molar-refractivity contribution in [3.8, 4) is 17.6 Å². The van der Waals surface area contributed by atoms with Crippen molar-refractivity contribution in [3.05, 3.63) is 56.5 Å². The molecule has 2 rings (SSSR count). The summed E-state index contributed by atoms with van der Waals surface area (Å²) >= 11 is 0. The molecule has 0 spiro atoms. The van der Waals surface area contributed by atoms with Gasteiger partial charge in [0, 0.05) is 24.2 Å². The molecule has 0 unspecified atom stereocenters. The average Bonchev–Trinajstić information content (AvgIpc) is 2.65. The number of nitrogens with zero attached hydrogens (tertiary/aromatic N) is 1. The number of aryl methyl sites for hydroxylation is 1. The van der Waals surface area contributed by atoms with E-state index in [1.807, 2.05) is 18.2 Å². The summed E-state index contributed by atoms with van der Waals surface area (Å²) in [7, 11) is 3.11. The zero-order valence-corrected chi connectivity index (χ0v) is 15.9. The first-order valence-electron chi connectivity index (χ1n) is 8.51. The number of pyridine rings is 1. The third-order valence-electron chi connectivity index (χ3n) is 4.48. The number of nitrogens with one attached hydrogen (secondary N) is 2. The highest BCUT2D eigenvalue weighted by molar-refractivity contribution is 5.76. The molecule has 0 atom stereocenters. The van der Waals surface area contributed by atoms with E-state index in [9.17, 15) is 9.59 Å². The molecular formula is C20H23N3O4. The zero-order chi connectivity index (χ0) is 20.0. The topological polar surface area (TPSA) is 104 Å². The van der Waals surface area contributed by atoms with E-state index in [0.29, 0.717) is 35.7 Å². The van der Waals surface area contributed by atoms with Gasteiger partial charge in [-0.3, -0.25) is 9.59 Å². The number of hydrogen-bond acceptors (Lipinski definition) is 5. The van der Waals surface area contributed by atoms with Crippen LogP contribution in [0.2, 0.25) is 0 Å². The van der Waals surface area contributed by atoms with Gasteiger partial charge in [0.25, 0.3) is 5.56 Å². The number of aromatic amines is 1. The van der Waals surface area contributed by atoms with Crippen molar-refractivity contribution < 1.29 is 14.3 Å². The molecule has 7 nitrogen and oxygen atoms in total. The van der Waals surface area contributed by atoms with Crippen LogP contribution in [0.25, 0.3) is 0 Å². The molecule has 7 heteroatoms. The first-order valence-corrected chi connectivity index (χ1v) is 8.51. The maximum atomic E-state index is 12.3. The van der Waals surface area contributed by atoms with Crippen LogP contribution < -0.4 is 20.3 Å². The number of H-pyrrole nitrogens is 1. The van der Waals surface area contributed by atoms with E-state index in [4.69, 9.17) is 14.7 Å². The summed E-state index contributed by atoms with van der Waals surface area (Å²) in [6.07, 6.45) is 0.676. The second-order valence-electron chi connectivity index (χ2n) is 6.10. The molecule has 2 N–H and O–H groups in total. The van der Waals surface area contributed by atoms with Gasteiger partial charge in [0.2, 0.25) is 5.91 Å². The van der Waals surface area contributed by atoms with Gasteiger partial charge in [0.05, 0.1) is 14.2 Å². The van der Waals surface area contributed by atoms with Gasteiger partial charge < -0.3 is 19.8 Å². The SMILES string of the molecule is COc1cccc(CNC(=O)CCc2c(C)[nH]c(=O)c(C#N)c2C)c1OC. The van der Waals surface area contributed by atoms with Crippen LogP contribution in [0.5, 0.6) is 11.5 Å². The van der Waals surface area contributed by atoms with E-state index in [-0.39, 0.29) is 17.9 Å². The summed E-state index contributed by atoms with van der Waals surface area (Å²) in [4.78, 5) is 26.7. The van der Waals surface area contributed by atoms with Crippen LogP contribution in [0.1, 0.15) is 34.4 Å². The Balaban J connectivity index is 2.05. The third-order valence-corrected chi connectivity index (χ3v) is 4.48. The van der Waals surface area contributed by atoms with Crippen molar-refractivity contribution >= 4 is 5.91 Å². The Kier molecular flexibility index (Phi) is 6.61. The summed E-state index contributed by atoms with van der Waals surface area (Å²) in [5.41, 5.74) is 2.64. The maximum Gasteiger partial charge on any atom is 0.266 e. The quantitative estimate of drug-likeness (QED) is 0.778. The summed E-state index contributed by atoms with van der Waals surface area (Å²) < 4.78 is 10.6. The van der Waals surface area contributed by atoms with Crippen LogP contribution in [-0.2, 0) is 17.8 Å². The minimum absolute atomic E-state index is 0.0946. The summed E-state index contributed by atoms with van der Waals surface area (Å²) in [5.74, 6) is 1.06. The van der Waals surface area contributed by atoms with Gasteiger partial charge in [-0.05, 0) is 37.5 Å². The number of hydrogen-bond donors (Lipinski definition) is 2. The number of carbonyl (C=O) groups is 1. The first kappa shape index (κ1) is 20.0. The van der Waals surface area contributed by atoms with Crippen LogP contribution in [0.3, 0.4) is 0 Å². The Labute approximate surface area is 157 Å². The zero-order valence-electron chi connectivity index (χ0n) is 15.9. The summed E-state index contributed by atoms with van der Waals surface area (Å²) in [5, 5.41) is 12.0. The van der Waals surface area contributed by atoms with Gasteiger partial charge >= 0.3 is 0 Å². The van der Waals surface area contributed by atoms with E-state index < -0.39 is 5.56 Å². The molecule has 0 radical (unpaired) electrons. The first-order chi connectivity index (χ1) is 12.9. The third kappa shape index (κ3) is 4.47. The molecule has 27 heavy (non-hydrogen) atoms. The number of amides is 1. The van der Waals surface area contributed by atoms with Crippen molar-refractivity contribution in [1.29, 1.82) is 5.26 Å². The lowest BCUT2D eigenvalue weighted by Crippen LogP contribution is -2.24. The standard InChI is InChI=1S/C20H23N3O4/c1-12-15(13(2)23-20(25)16(12)10-21)8-9-18(24)22-11-14-6-5-7-17(26-3)19(14)27-4/h5-7H,8-9,11H2,1-4H3,(H,22,24)(H,23,25). The van der Waals surface area contributed by atoms with Gasteiger partial charge in [-0.25, -0.2) is 0 Å². The van der Waals surface area contributed by atoms with Crippen LogP contribution in [-0.4, -0.2) is 25.1 Å². The molecule has 1 heterocycles. The molecule has 1 aromatic heterocycles. The van der Waals surface area contributed by atoms with Crippen molar-refractivity contribution in [1.82, 2.24) is 10.3 Å². The number of rotatable bonds is 7. The predicted molar refractivity (Wildman–Crippen MR) is 101 cm³/mol. The number of aromatic nitrogens is 1. The minimum atomic E-state index is -0.397. The predicted octanol–water partition coefficient (Wildman–Crippen LogP) is 2.13. The molecule has 1 aromatic carbocycles. The Morgan fingerprint density at radius 1 is 1.26 bits per heavy atom. The van der Waals surface area contributed by atoms with Crippen molar-refractivity contribution in [2.45, 2.75) is 33.2 Å². The highest BCUT2D eigenvalue weighted by Gasteiger charge is 2.14. The average molecular weight is 369 g/mol. The monoisotopic (exact) mass is 369 g/mol. The van der Waals surface area contributed by atoms with E-state index in [1.165, 1.54) is 0 Å². The van der Waals surface area contributed by atoms with Crippen molar-refractivity contribution in [2.75, 3.05) is 14.2 Å². The van der Waals surface area contributed by atoms with Gasteiger partial charge in [0.15, 0.2) is 11.5 Å². The largest absolute Gasteiger partial charge is 0.493 e. The number of methoxy groups -OCH3 is 2. The molecular weight excluding hydrogens is 346 g/mol. The van der Waals surface area contributed by atoms with Crippen molar-refractivity contribution in [3.63, 3.8) is 0 Å². The second-order valence-corrected chi connectivity index (χ2v) is 6.10. The molecule has 142 valence electrons. The summed E-state index contributed by atoms with van der Waals surface area (Å²) in [6.45, 7) is 3.81. The molecule has 0 saturated heterocycles. The molecule has 2 aromatic rings. The molecule has 0 aliphatic heterocycles. The Bertz CT molecular complexity index is 941. The van der Waals surface area contributed by atoms with E-state index in [2.05, 4.69) is 10.3 Å². The number of para-hydroxylation sites is 1. The van der Waals surface area contributed by atoms with E-state index >= 15 is 0 Å². The highest BCUT2D eigenvalue weighted by Crippen LogP contribution is 2.30. The smallest absolute Gasteiger partial charge is 0.266 e. The lowest BCUT2D eigenvalue weighted by Gasteiger charge is -2.14. The van der Waals surface area contributed by atoms with Gasteiger partial charge in [-0.2, -0.15) is 5.26 Å². The normalized spacial score (nSPS) is 10.2. The molecule has 1 amide bonds. The fourth-order valence-electron chi connectivity index (χ4n) is 3.03. The fraction of sp³-hybridized carbons (Fsp3) is 0.350. The Morgan fingerprint density at radius 2 is 2.00 bits per heavy atom. The van der Waals surface area contributed by atoms with Gasteiger partial charge in [-0.1, -0.05) is 12.1 Å². The van der Waals surface area contributed by atoms with Crippen molar-refractivity contribution in [2.24, 2.45) is 0 Å². The number of nitriles is 1. The van der Waals surface area contributed by atoms with Crippen LogP contribution >= 0.6 is 0 Å². The number of ether oxygens (including phenoxy) is 2. The number of carbonyl (C=O) groups excluding carboxylic acids is 1. The Hall–Kier alpha value is -3.27. The van der Waals surface area contributed by atoms with Gasteiger partial charge in [0.1, 0.15) is 11.6 Å². The molecule has 0 fully saturated rings. The van der Waals surface area contributed by atoms with Gasteiger partial charge in [-0.15, -0.1) is 0 Å². The summed E-state index contributed by atoms with van der Waals surface area (Å²) in [6, 6.07) is 7.40. The number of benzene rings is 1. The van der Waals surface area contributed by atoms with E-state index in [1.54, 1.807) is 34.1 Å². The fourth-order valence-corrected chi connectivity index (χ4v) is 3.03. The highest BCUT2D eigenvalue weighted by atomic mass is 16.5. The molecule has 0 aliphatic rings. The van der Waals surface area contributed by atoms with Crippen LogP contribution in [0.4, 0.5) is 0 Å². The minimum Gasteiger partial charge on any atom is -0.493 e. The lowest BCUT2D eigenvalue weighted by atomic mass is 9.99. The molecule has 0 bridgehead atoms. The lowest BCUT2D eigenvalue weighted by molar-refractivity contribution is -0.121. The van der Waals surface area contributed by atoms with Crippen LogP contribution in [0, 0.1) is 25.2 Å². The molecule has 0 aliphatic carbocycles. The van der Waals surface area contributed by atoms with E-state index in [0.717, 1.165) is 11.1 Å².